The Kier molecular flexibility index (Phi) is 3.02. The smallest absolute Gasteiger partial charge is 0.224 e. The zero-order valence-electron chi connectivity index (χ0n) is 8.97. The summed E-state index contributed by atoms with van der Waals surface area (Å²) in [5, 5.41) is 5.98. The van der Waals surface area contributed by atoms with Gasteiger partial charge >= 0.3 is 0 Å². The van der Waals surface area contributed by atoms with E-state index in [1.54, 1.807) is 7.05 Å². The van der Waals surface area contributed by atoms with Crippen LogP contribution in [0.25, 0.3) is 0 Å². The highest BCUT2D eigenvalue weighted by atomic mass is 16.1. The fourth-order valence-corrected chi connectivity index (χ4v) is 1.91. The minimum Gasteiger partial charge on any atom is -0.359 e. The topological polar surface area (TPSA) is 41.1 Å². The maximum atomic E-state index is 11.2. The van der Waals surface area contributed by atoms with Crippen LogP contribution in [0.2, 0.25) is 0 Å². The summed E-state index contributed by atoms with van der Waals surface area (Å²) in [6.45, 7) is 1.99. The fourth-order valence-electron chi connectivity index (χ4n) is 1.91. The van der Waals surface area contributed by atoms with E-state index in [2.05, 4.69) is 22.8 Å². The summed E-state index contributed by atoms with van der Waals surface area (Å²) in [6, 6.07) is 6.33. The van der Waals surface area contributed by atoms with Crippen LogP contribution in [0.5, 0.6) is 0 Å². The maximum absolute atomic E-state index is 11.2. The molecule has 1 heterocycles. The van der Waals surface area contributed by atoms with Crippen LogP contribution in [0.4, 0.5) is 0 Å². The molecule has 1 aliphatic rings. The van der Waals surface area contributed by atoms with Gasteiger partial charge in [-0.3, -0.25) is 4.79 Å². The van der Waals surface area contributed by atoms with Gasteiger partial charge in [-0.15, -0.1) is 0 Å². The molecule has 0 bridgehead atoms. The number of rotatable bonds is 2. The van der Waals surface area contributed by atoms with Crippen LogP contribution in [0.3, 0.4) is 0 Å². The van der Waals surface area contributed by atoms with E-state index in [9.17, 15) is 4.79 Å². The van der Waals surface area contributed by atoms with E-state index in [1.165, 1.54) is 11.1 Å². The highest BCUT2D eigenvalue weighted by molar-refractivity contribution is 5.78. The highest BCUT2D eigenvalue weighted by Crippen LogP contribution is 2.16. The van der Waals surface area contributed by atoms with E-state index in [1.807, 2.05) is 6.07 Å². The number of benzene rings is 1. The number of nitrogens with one attached hydrogen (secondary N) is 2. The molecule has 1 aromatic rings. The van der Waals surface area contributed by atoms with Gasteiger partial charge in [0.15, 0.2) is 0 Å². The molecule has 1 aliphatic heterocycles. The number of carbonyl (C=O) groups is 1. The van der Waals surface area contributed by atoms with Gasteiger partial charge in [0.25, 0.3) is 0 Å². The summed E-state index contributed by atoms with van der Waals surface area (Å²) in [5.41, 5.74) is 3.85. The van der Waals surface area contributed by atoms with Crippen molar-refractivity contribution in [1.82, 2.24) is 10.6 Å². The van der Waals surface area contributed by atoms with Gasteiger partial charge in [0.05, 0.1) is 6.42 Å². The second kappa shape index (κ2) is 4.45. The average molecular weight is 204 g/mol. The molecule has 0 aromatic heterocycles. The molecule has 0 saturated heterocycles. The molecule has 2 N–H and O–H groups in total. The highest BCUT2D eigenvalue weighted by Gasteiger charge is 2.09. The molecule has 0 fully saturated rings. The lowest BCUT2D eigenvalue weighted by Crippen LogP contribution is -2.24. The van der Waals surface area contributed by atoms with Gasteiger partial charge in [0, 0.05) is 13.6 Å². The molecule has 80 valence electrons. The van der Waals surface area contributed by atoms with Crippen LogP contribution in [0.15, 0.2) is 18.2 Å². The minimum atomic E-state index is 0.0730. The second-order valence-corrected chi connectivity index (χ2v) is 3.88. The lowest BCUT2D eigenvalue weighted by molar-refractivity contribution is -0.119. The lowest BCUT2D eigenvalue weighted by atomic mass is 9.97. The van der Waals surface area contributed by atoms with Crippen molar-refractivity contribution in [1.29, 1.82) is 0 Å². The van der Waals surface area contributed by atoms with Crippen molar-refractivity contribution in [2.24, 2.45) is 0 Å². The van der Waals surface area contributed by atoms with Crippen LogP contribution in [-0.2, 0) is 24.2 Å². The molecular formula is C12H16N2O. The van der Waals surface area contributed by atoms with E-state index in [0.29, 0.717) is 6.42 Å². The van der Waals surface area contributed by atoms with Crippen molar-refractivity contribution < 1.29 is 4.79 Å². The Labute approximate surface area is 89.9 Å². The summed E-state index contributed by atoms with van der Waals surface area (Å²) < 4.78 is 0. The van der Waals surface area contributed by atoms with Gasteiger partial charge in [-0.05, 0) is 29.7 Å². The first-order valence-corrected chi connectivity index (χ1v) is 5.31. The van der Waals surface area contributed by atoms with Crippen molar-refractivity contribution >= 4 is 5.91 Å². The van der Waals surface area contributed by atoms with Gasteiger partial charge in [0.1, 0.15) is 0 Å². The number of amides is 1. The van der Waals surface area contributed by atoms with Gasteiger partial charge in [-0.1, -0.05) is 18.2 Å². The Morgan fingerprint density at radius 3 is 3.13 bits per heavy atom. The second-order valence-electron chi connectivity index (χ2n) is 3.88. The number of fused-ring (bicyclic) bond motifs is 1. The largest absolute Gasteiger partial charge is 0.359 e. The van der Waals surface area contributed by atoms with E-state index in [-0.39, 0.29) is 5.91 Å². The van der Waals surface area contributed by atoms with Crippen LogP contribution in [0.1, 0.15) is 16.7 Å². The molecular weight excluding hydrogens is 188 g/mol. The molecule has 0 aliphatic carbocycles. The normalized spacial score (nSPS) is 14.5. The zero-order valence-corrected chi connectivity index (χ0v) is 8.97. The van der Waals surface area contributed by atoms with Crippen molar-refractivity contribution in [3.05, 3.63) is 34.9 Å². The zero-order chi connectivity index (χ0) is 10.7. The Morgan fingerprint density at radius 2 is 2.33 bits per heavy atom. The lowest BCUT2D eigenvalue weighted by Gasteiger charge is -2.17. The van der Waals surface area contributed by atoms with Crippen LogP contribution in [-0.4, -0.2) is 19.5 Å². The summed E-state index contributed by atoms with van der Waals surface area (Å²) in [7, 11) is 1.67. The summed E-state index contributed by atoms with van der Waals surface area (Å²) >= 11 is 0. The van der Waals surface area contributed by atoms with Crippen molar-refractivity contribution in [3.8, 4) is 0 Å². The standard InChI is InChI=1S/C12H16N2O/c1-13-12(15)7-9-2-3-11-8-14-5-4-10(11)6-9/h2-3,6,14H,4-5,7-8H2,1H3,(H,13,15). The predicted octanol–water partition coefficient (Wildman–Crippen LogP) is 0.621. The van der Waals surface area contributed by atoms with Gasteiger partial charge < -0.3 is 10.6 Å². The monoisotopic (exact) mass is 204 g/mol. The molecule has 1 amide bonds. The minimum absolute atomic E-state index is 0.0730. The molecule has 15 heavy (non-hydrogen) atoms. The number of likely N-dealkylation sites (N-methyl/N-ethyl adjacent to an activating group) is 1. The van der Waals surface area contributed by atoms with Crippen LogP contribution >= 0.6 is 0 Å². The molecule has 0 saturated carbocycles. The predicted molar refractivity (Wildman–Crippen MR) is 59.6 cm³/mol. The maximum Gasteiger partial charge on any atom is 0.224 e. The Bertz CT molecular complexity index is 374. The first-order valence-electron chi connectivity index (χ1n) is 5.31. The molecule has 0 atom stereocenters. The fraction of sp³-hybridized carbons (Fsp3) is 0.417. The van der Waals surface area contributed by atoms with E-state index in [0.717, 1.165) is 25.1 Å². The van der Waals surface area contributed by atoms with Crippen molar-refractivity contribution in [3.63, 3.8) is 0 Å². The number of hydrogen-bond acceptors (Lipinski definition) is 2. The van der Waals surface area contributed by atoms with Crippen LogP contribution < -0.4 is 10.6 Å². The summed E-state index contributed by atoms with van der Waals surface area (Å²) in [6.07, 6.45) is 1.55. The molecule has 3 heteroatoms. The molecule has 1 aromatic carbocycles. The van der Waals surface area contributed by atoms with E-state index >= 15 is 0 Å². The Morgan fingerprint density at radius 1 is 1.47 bits per heavy atom. The molecule has 0 spiro atoms. The molecule has 0 unspecified atom stereocenters. The van der Waals surface area contributed by atoms with Gasteiger partial charge in [-0.25, -0.2) is 0 Å². The SMILES string of the molecule is CNC(=O)Cc1ccc2c(c1)CCNC2. The van der Waals surface area contributed by atoms with E-state index < -0.39 is 0 Å². The summed E-state index contributed by atoms with van der Waals surface area (Å²) in [4.78, 5) is 11.2. The third-order valence-corrected chi connectivity index (χ3v) is 2.80. The van der Waals surface area contributed by atoms with Gasteiger partial charge in [-0.2, -0.15) is 0 Å². The quantitative estimate of drug-likeness (QED) is 0.741. The Hall–Kier alpha value is -1.35. The van der Waals surface area contributed by atoms with Crippen molar-refractivity contribution in [2.45, 2.75) is 19.4 Å². The molecule has 3 nitrogen and oxygen atoms in total. The first-order chi connectivity index (χ1) is 7.29. The van der Waals surface area contributed by atoms with Crippen LogP contribution in [0, 0.1) is 0 Å². The third-order valence-electron chi connectivity index (χ3n) is 2.80. The molecule has 2 rings (SSSR count). The number of hydrogen-bond donors (Lipinski definition) is 2. The Balaban J connectivity index is 2.17. The van der Waals surface area contributed by atoms with E-state index in [4.69, 9.17) is 0 Å². The van der Waals surface area contributed by atoms with Crippen molar-refractivity contribution in [2.75, 3.05) is 13.6 Å². The third kappa shape index (κ3) is 2.36. The average Bonchev–Trinajstić information content (AvgIpc) is 2.29. The first kappa shape index (κ1) is 10.2. The summed E-state index contributed by atoms with van der Waals surface area (Å²) in [5.74, 6) is 0.0730. The van der Waals surface area contributed by atoms with Gasteiger partial charge in [0.2, 0.25) is 5.91 Å². The molecule has 0 radical (unpaired) electrons. The number of carbonyl (C=O) groups excluding carboxylic acids is 1.